The van der Waals surface area contributed by atoms with E-state index in [1.165, 1.54) is 16.9 Å². The molecule has 0 aliphatic heterocycles. The molecule has 1 fully saturated rings. The third-order valence-corrected chi connectivity index (χ3v) is 4.90. The minimum atomic E-state index is -0.575. The summed E-state index contributed by atoms with van der Waals surface area (Å²) in [7, 11) is 0. The van der Waals surface area contributed by atoms with Crippen molar-refractivity contribution >= 4 is 11.8 Å². The fourth-order valence-corrected chi connectivity index (χ4v) is 3.09. The summed E-state index contributed by atoms with van der Waals surface area (Å²) >= 11 is 1.73. The van der Waals surface area contributed by atoms with Crippen molar-refractivity contribution in [2.24, 2.45) is 0 Å². The Balaban J connectivity index is 2.43. The molecule has 1 aliphatic carbocycles. The highest BCUT2D eigenvalue weighted by Gasteiger charge is 2.29. The Kier molecular flexibility index (Phi) is 7.81. The van der Waals surface area contributed by atoms with Gasteiger partial charge in [0.15, 0.2) is 0 Å². The van der Waals surface area contributed by atoms with Gasteiger partial charge in [-0.3, -0.25) is 0 Å². The van der Waals surface area contributed by atoms with Crippen LogP contribution < -0.4 is 0 Å². The molecule has 1 N–H and O–H groups in total. The van der Waals surface area contributed by atoms with Crippen molar-refractivity contribution in [1.82, 2.24) is 0 Å². The minimum Gasteiger partial charge on any atom is -0.387 e. The monoisotopic (exact) mass is 284 g/mol. The van der Waals surface area contributed by atoms with Crippen LogP contribution in [0.1, 0.15) is 59.3 Å². The fourth-order valence-electron chi connectivity index (χ4n) is 2.29. The summed E-state index contributed by atoms with van der Waals surface area (Å²) in [5.41, 5.74) is 0.799. The van der Waals surface area contributed by atoms with Crippen LogP contribution in [0.25, 0.3) is 0 Å². The molecule has 0 aromatic heterocycles. The van der Waals surface area contributed by atoms with Crippen molar-refractivity contribution < 1.29 is 9.84 Å². The third kappa shape index (κ3) is 6.15. The largest absolute Gasteiger partial charge is 0.387 e. The number of rotatable bonds is 7. The average Bonchev–Trinajstić information content (AvgIpc) is 2.42. The maximum Gasteiger partial charge on any atom is 0.0880 e. The smallest absolute Gasteiger partial charge is 0.0880 e. The number of aliphatic hydroxyl groups is 1. The van der Waals surface area contributed by atoms with Crippen LogP contribution >= 0.6 is 11.8 Å². The van der Waals surface area contributed by atoms with Crippen molar-refractivity contribution in [3.63, 3.8) is 0 Å². The summed E-state index contributed by atoms with van der Waals surface area (Å²) in [6, 6.07) is 0. The van der Waals surface area contributed by atoms with Gasteiger partial charge in [-0.05, 0) is 38.5 Å². The predicted octanol–water partition coefficient (Wildman–Crippen LogP) is 4.65. The highest BCUT2D eigenvalue weighted by Crippen LogP contribution is 2.29. The molecule has 0 aromatic carbocycles. The predicted molar refractivity (Wildman–Crippen MR) is 84.2 cm³/mol. The molecule has 3 heteroatoms. The highest BCUT2D eigenvalue weighted by molar-refractivity contribution is 8.05. The quantitative estimate of drug-likeness (QED) is 0.738. The molecule has 0 spiro atoms. The van der Waals surface area contributed by atoms with Gasteiger partial charge in [-0.25, -0.2) is 0 Å². The van der Waals surface area contributed by atoms with E-state index in [0.717, 1.165) is 32.1 Å². The lowest BCUT2D eigenvalue weighted by Gasteiger charge is -2.31. The molecule has 0 heterocycles. The Bertz CT molecular complexity index is 315. The van der Waals surface area contributed by atoms with E-state index in [1.54, 1.807) is 11.8 Å². The molecule has 0 bridgehead atoms. The SMILES string of the molecule is C/C=C\SC(COCC1(O)CCCCC1)=C(C)CC. The van der Waals surface area contributed by atoms with Crippen molar-refractivity contribution in [2.45, 2.75) is 64.9 Å². The molecule has 1 aliphatic rings. The number of thioether (sulfide) groups is 1. The van der Waals surface area contributed by atoms with Crippen LogP contribution in [0.15, 0.2) is 22.0 Å². The van der Waals surface area contributed by atoms with Crippen molar-refractivity contribution in [2.75, 3.05) is 13.2 Å². The van der Waals surface area contributed by atoms with Crippen molar-refractivity contribution in [1.29, 1.82) is 0 Å². The molecule has 0 saturated heterocycles. The van der Waals surface area contributed by atoms with E-state index in [9.17, 15) is 5.11 Å². The summed E-state index contributed by atoms with van der Waals surface area (Å²) in [4.78, 5) is 1.28. The average molecular weight is 284 g/mol. The van der Waals surface area contributed by atoms with E-state index in [2.05, 4.69) is 19.3 Å². The highest BCUT2D eigenvalue weighted by atomic mass is 32.2. The second-order valence-electron chi connectivity index (χ2n) is 5.42. The molecular formula is C16H28O2S. The number of ether oxygens (including phenoxy) is 1. The first-order valence-electron chi connectivity index (χ1n) is 7.38. The lowest BCUT2D eigenvalue weighted by atomic mass is 9.86. The van der Waals surface area contributed by atoms with E-state index < -0.39 is 5.60 Å². The lowest BCUT2D eigenvalue weighted by molar-refractivity contribution is -0.0632. The van der Waals surface area contributed by atoms with E-state index in [4.69, 9.17) is 4.74 Å². The van der Waals surface area contributed by atoms with Gasteiger partial charge in [0.05, 0.1) is 18.8 Å². The van der Waals surface area contributed by atoms with Crippen LogP contribution in [0.5, 0.6) is 0 Å². The summed E-state index contributed by atoms with van der Waals surface area (Å²) in [6.07, 6.45) is 8.38. The first kappa shape index (κ1) is 16.8. The molecule has 2 nitrogen and oxygen atoms in total. The number of hydrogen-bond acceptors (Lipinski definition) is 3. The summed E-state index contributed by atoms with van der Waals surface area (Å²) in [6.45, 7) is 7.45. The van der Waals surface area contributed by atoms with Gasteiger partial charge in [0.1, 0.15) is 0 Å². The maximum absolute atomic E-state index is 10.4. The molecule has 0 radical (unpaired) electrons. The second-order valence-corrected chi connectivity index (χ2v) is 6.42. The zero-order valence-electron chi connectivity index (χ0n) is 12.6. The molecule has 0 amide bonds. The Morgan fingerprint density at radius 2 is 2.00 bits per heavy atom. The molecule has 0 aromatic rings. The first-order valence-corrected chi connectivity index (χ1v) is 8.26. The molecule has 110 valence electrons. The van der Waals surface area contributed by atoms with Gasteiger partial charge in [-0.2, -0.15) is 0 Å². The van der Waals surface area contributed by atoms with Gasteiger partial charge in [0, 0.05) is 4.91 Å². The van der Waals surface area contributed by atoms with Crippen LogP contribution in [0.2, 0.25) is 0 Å². The maximum atomic E-state index is 10.4. The van der Waals surface area contributed by atoms with E-state index in [0.29, 0.717) is 13.2 Å². The molecule has 0 unspecified atom stereocenters. The first-order chi connectivity index (χ1) is 9.11. The van der Waals surface area contributed by atoms with Gasteiger partial charge in [0.25, 0.3) is 0 Å². The number of hydrogen-bond donors (Lipinski definition) is 1. The summed E-state index contributed by atoms with van der Waals surface area (Å²) in [5, 5.41) is 12.5. The topological polar surface area (TPSA) is 29.5 Å². The van der Waals surface area contributed by atoms with E-state index in [-0.39, 0.29) is 0 Å². The second kappa shape index (κ2) is 8.83. The van der Waals surface area contributed by atoms with E-state index >= 15 is 0 Å². The van der Waals surface area contributed by atoms with Crippen molar-refractivity contribution in [3.8, 4) is 0 Å². The third-order valence-electron chi connectivity index (χ3n) is 3.74. The normalized spacial score (nSPS) is 20.6. The molecular weight excluding hydrogens is 256 g/mol. The van der Waals surface area contributed by atoms with Crippen LogP contribution in [0.3, 0.4) is 0 Å². The Morgan fingerprint density at radius 3 is 2.58 bits per heavy atom. The van der Waals surface area contributed by atoms with Gasteiger partial charge in [-0.15, -0.1) is 11.8 Å². The standard InChI is InChI=1S/C16H28O2S/c1-4-11-19-15(14(3)5-2)12-18-13-16(17)9-7-6-8-10-16/h4,11,17H,5-10,12-13H2,1-3H3/b11-4-,15-14?. The zero-order chi connectivity index (χ0) is 14.1. The molecule has 19 heavy (non-hydrogen) atoms. The van der Waals surface area contributed by atoms with Gasteiger partial charge >= 0.3 is 0 Å². The summed E-state index contributed by atoms with van der Waals surface area (Å²) in [5.74, 6) is 0. The summed E-state index contributed by atoms with van der Waals surface area (Å²) < 4.78 is 5.80. The van der Waals surface area contributed by atoms with Crippen LogP contribution in [-0.2, 0) is 4.74 Å². The van der Waals surface area contributed by atoms with Crippen LogP contribution in [-0.4, -0.2) is 23.9 Å². The lowest BCUT2D eigenvalue weighted by Crippen LogP contribution is -2.36. The van der Waals surface area contributed by atoms with Gasteiger partial charge in [0.2, 0.25) is 0 Å². The molecule has 0 atom stereocenters. The zero-order valence-corrected chi connectivity index (χ0v) is 13.4. The van der Waals surface area contributed by atoms with Crippen LogP contribution in [0, 0.1) is 0 Å². The van der Waals surface area contributed by atoms with E-state index in [1.807, 2.05) is 13.0 Å². The van der Waals surface area contributed by atoms with Gasteiger partial charge in [-0.1, -0.05) is 37.8 Å². The van der Waals surface area contributed by atoms with Gasteiger partial charge < -0.3 is 9.84 Å². The minimum absolute atomic E-state index is 0.476. The van der Waals surface area contributed by atoms with Crippen molar-refractivity contribution in [3.05, 3.63) is 22.0 Å². The Morgan fingerprint density at radius 1 is 1.32 bits per heavy atom. The molecule has 1 saturated carbocycles. The number of allylic oxidation sites excluding steroid dienone is 2. The van der Waals surface area contributed by atoms with Crippen LogP contribution in [0.4, 0.5) is 0 Å². The Hall–Kier alpha value is -0.250. The molecule has 1 rings (SSSR count). The fraction of sp³-hybridized carbons (Fsp3) is 0.750. The Labute approximate surface area is 122 Å².